The molecule has 4 rings (SSSR count). The van der Waals surface area contributed by atoms with Gasteiger partial charge in [0.2, 0.25) is 5.91 Å². The van der Waals surface area contributed by atoms with Crippen molar-refractivity contribution in [2.45, 2.75) is 26.0 Å². The first-order chi connectivity index (χ1) is 16.8. The molecule has 7 nitrogen and oxygen atoms in total. The van der Waals surface area contributed by atoms with E-state index >= 15 is 0 Å². The first-order valence-electron chi connectivity index (χ1n) is 11.1. The van der Waals surface area contributed by atoms with Crippen molar-refractivity contribution in [1.82, 2.24) is 4.57 Å². The van der Waals surface area contributed by atoms with E-state index in [9.17, 15) is 14.4 Å². The van der Waals surface area contributed by atoms with Gasteiger partial charge in [0.15, 0.2) is 5.69 Å². The molecule has 0 saturated carbocycles. The number of fused-ring (bicyclic) bond motifs is 1. The number of anilines is 1. The molecular formula is C27H26N2O5S. The summed E-state index contributed by atoms with van der Waals surface area (Å²) in [6.45, 7) is 5.79. The zero-order valence-corrected chi connectivity index (χ0v) is 20.8. The molecule has 35 heavy (non-hydrogen) atoms. The summed E-state index contributed by atoms with van der Waals surface area (Å²) >= 11 is 1.10. The number of aryl methyl sites for hydroxylation is 2. The van der Waals surface area contributed by atoms with Gasteiger partial charge in [-0.25, -0.2) is 9.59 Å². The Kier molecular flexibility index (Phi) is 6.84. The Bertz CT molecular complexity index is 1440. The zero-order valence-electron chi connectivity index (χ0n) is 20.0. The summed E-state index contributed by atoms with van der Waals surface area (Å²) < 4.78 is 11.5. The maximum atomic E-state index is 13.8. The second kappa shape index (κ2) is 9.84. The van der Waals surface area contributed by atoms with E-state index in [1.54, 1.807) is 13.0 Å². The number of ether oxygens (including phenoxy) is 2. The van der Waals surface area contributed by atoms with Crippen LogP contribution in [-0.4, -0.2) is 36.1 Å². The fourth-order valence-electron chi connectivity index (χ4n) is 3.96. The van der Waals surface area contributed by atoms with Gasteiger partial charge in [0.05, 0.1) is 24.8 Å². The smallest absolute Gasteiger partial charge is 0.357 e. The summed E-state index contributed by atoms with van der Waals surface area (Å²) in [6, 6.07) is 15.1. The molecule has 8 heteroatoms. The van der Waals surface area contributed by atoms with E-state index in [0.29, 0.717) is 10.8 Å². The molecule has 0 spiro atoms. The first-order valence-corrected chi connectivity index (χ1v) is 12.0. The highest BCUT2D eigenvalue weighted by Gasteiger charge is 2.38. The third-order valence-electron chi connectivity index (χ3n) is 5.75. The van der Waals surface area contributed by atoms with Crippen molar-refractivity contribution in [3.05, 3.63) is 87.0 Å². The fourth-order valence-corrected chi connectivity index (χ4v) is 5.16. The van der Waals surface area contributed by atoms with Gasteiger partial charge in [-0.2, -0.15) is 0 Å². The van der Waals surface area contributed by atoms with Crippen molar-refractivity contribution in [3.63, 3.8) is 0 Å². The molecular weight excluding hydrogens is 464 g/mol. The molecule has 1 aromatic heterocycles. The van der Waals surface area contributed by atoms with Crippen LogP contribution in [0.25, 0.3) is 11.0 Å². The van der Waals surface area contributed by atoms with E-state index in [-0.39, 0.29) is 28.2 Å². The minimum atomic E-state index is -0.773. The zero-order chi connectivity index (χ0) is 25.3. The average Bonchev–Trinajstić information content (AvgIpc) is 3.13. The molecule has 0 fully saturated rings. The van der Waals surface area contributed by atoms with E-state index in [1.807, 2.05) is 62.4 Å². The third kappa shape index (κ3) is 4.49. The molecule has 2 aromatic carbocycles. The van der Waals surface area contributed by atoms with Gasteiger partial charge in [0, 0.05) is 5.22 Å². The third-order valence-corrected chi connectivity index (χ3v) is 7.06. The van der Waals surface area contributed by atoms with Crippen molar-refractivity contribution >= 4 is 46.3 Å². The number of rotatable bonds is 5. The van der Waals surface area contributed by atoms with Crippen LogP contribution in [0.3, 0.4) is 0 Å². The Hall–Kier alpha value is -3.78. The Morgan fingerprint density at radius 3 is 2.20 bits per heavy atom. The fraction of sp³-hybridized carbons (Fsp3) is 0.222. The van der Waals surface area contributed by atoms with Crippen LogP contribution in [0, 0.1) is 13.8 Å². The second-order valence-electron chi connectivity index (χ2n) is 8.20. The lowest BCUT2D eigenvalue weighted by molar-refractivity contribution is -0.135. The normalized spacial score (nSPS) is 15.7. The summed E-state index contributed by atoms with van der Waals surface area (Å²) in [7, 11) is 1.22. The number of nitrogens with zero attached hydrogens (tertiary/aromatic N) is 1. The molecule has 3 aromatic rings. The molecule has 2 N–H and O–H groups in total. The molecule has 0 saturated heterocycles. The summed E-state index contributed by atoms with van der Waals surface area (Å²) in [5.41, 5.74) is 10.0. The van der Waals surface area contributed by atoms with Crippen molar-refractivity contribution in [3.8, 4) is 0 Å². The van der Waals surface area contributed by atoms with Crippen LogP contribution in [-0.2, 0) is 14.3 Å². The second-order valence-corrected chi connectivity index (χ2v) is 9.32. The maximum absolute atomic E-state index is 13.8. The number of thioether (sulfide) groups is 1. The number of benzene rings is 2. The van der Waals surface area contributed by atoms with Gasteiger partial charge >= 0.3 is 11.9 Å². The Morgan fingerprint density at radius 1 is 1.03 bits per heavy atom. The predicted octanol–water partition coefficient (Wildman–Crippen LogP) is 3.10. The van der Waals surface area contributed by atoms with Gasteiger partial charge in [-0.15, -0.1) is 0 Å². The number of nitrogen functional groups attached to an aromatic ring is 1. The molecule has 0 bridgehead atoms. The number of carbonyl (C=O) groups excluding carboxylic acids is 3. The van der Waals surface area contributed by atoms with Crippen LogP contribution < -0.4 is 16.3 Å². The van der Waals surface area contributed by atoms with Crippen molar-refractivity contribution in [2.24, 2.45) is 0 Å². The lowest BCUT2D eigenvalue weighted by Gasteiger charge is -2.23. The highest BCUT2D eigenvalue weighted by Crippen LogP contribution is 2.39. The van der Waals surface area contributed by atoms with E-state index in [1.165, 1.54) is 11.7 Å². The monoisotopic (exact) mass is 490 g/mol. The van der Waals surface area contributed by atoms with E-state index in [2.05, 4.69) is 0 Å². The van der Waals surface area contributed by atoms with Gasteiger partial charge in [0.25, 0.3) is 0 Å². The van der Waals surface area contributed by atoms with E-state index in [4.69, 9.17) is 15.2 Å². The van der Waals surface area contributed by atoms with E-state index < -0.39 is 23.1 Å². The van der Waals surface area contributed by atoms with Gasteiger partial charge in [-0.3, -0.25) is 9.36 Å². The van der Waals surface area contributed by atoms with Crippen LogP contribution >= 0.6 is 11.8 Å². The minimum absolute atomic E-state index is 0.0627. The number of esters is 2. The summed E-state index contributed by atoms with van der Waals surface area (Å²) in [4.78, 5) is 40.0. The van der Waals surface area contributed by atoms with Crippen LogP contribution in [0.2, 0.25) is 0 Å². The molecule has 1 atom stereocenters. The number of methoxy groups -OCH3 is 1. The van der Waals surface area contributed by atoms with Gasteiger partial charge in [-0.1, -0.05) is 71.4 Å². The summed E-state index contributed by atoms with van der Waals surface area (Å²) in [5, 5.41) is -0.147. The first kappa shape index (κ1) is 24.3. The topological polar surface area (TPSA) is 101 Å². The Balaban J connectivity index is 2.09. The molecule has 1 aliphatic heterocycles. The quantitative estimate of drug-likeness (QED) is 0.549. The maximum Gasteiger partial charge on any atom is 0.357 e. The van der Waals surface area contributed by atoms with Crippen LogP contribution in [0.1, 0.15) is 49.7 Å². The minimum Gasteiger partial charge on any atom is -0.464 e. The van der Waals surface area contributed by atoms with Gasteiger partial charge in [-0.05, 0) is 38.0 Å². The number of nitrogens with two attached hydrogens (primary N) is 1. The highest BCUT2D eigenvalue weighted by atomic mass is 32.2. The van der Waals surface area contributed by atoms with Crippen LogP contribution in [0.5, 0.6) is 0 Å². The molecule has 1 aliphatic rings. The standard InChI is InChI=1S/C27H26N2O5S/c1-5-34-27(32)24-21-19(14-17-10-6-15(2)7-11-17)20(28)22(26(31)33-4)29(21)25(30)23(35-24)18-12-8-16(3)9-13-18/h6-14,23H,5,28H2,1-4H3/b19-14+/t23-/m0/s1. The van der Waals surface area contributed by atoms with Crippen LogP contribution in [0.4, 0.5) is 5.69 Å². The molecule has 2 heterocycles. The number of carbonyl (C=O) groups is 3. The molecule has 180 valence electrons. The highest BCUT2D eigenvalue weighted by molar-refractivity contribution is 8.10. The number of hydrogen-bond acceptors (Lipinski definition) is 7. The Labute approximate surface area is 207 Å². The predicted molar refractivity (Wildman–Crippen MR) is 136 cm³/mol. The number of hydrogen-bond donors (Lipinski definition) is 1. The van der Waals surface area contributed by atoms with Crippen molar-refractivity contribution in [1.29, 1.82) is 0 Å². The SMILES string of the molecule is CCOC(=O)C1=c2/c(=C/c3ccc(C)cc3)c(N)c(C(=O)OC)n2C(=O)[C@H](c2ccc(C)cc2)S1. The molecule has 0 aliphatic carbocycles. The van der Waals surface area contributed by atoms with Crippen LogP contribution in [0.15, 0.2) is 48.5 Å². The lowest BCUT2D eigenvalue weighted by atomic mass is 10.1. The lowest BCUT2D eigenvalue weighted by Crippen LogP contribution is -2.42. The largest absolute Gasteiger partial charge is 0.464 e. The van der Waals surface area contributed by atoms with Gasteiger partial charge < -0.3 is 15.2 Å². The van der Waals surface area contributed by atoms with E-state index in [0.717, 1.165) is 28.5 Å². The number of aromatic nitrogens is 1. The summed E-state index contributed by atoms with van der Waals surface area (Å²) in [6.07, 6.45) is 1.76. The van der Waals surface area contributed by atoms with Gasteiger partial charge in [0.1, 0.15) is 10.2 Å². The molecule has 0 unspecified atom stereocenters. The van der Waals surface area contributed by atoms with Crippen molar-refractivity contribution in [2.75, 3.05) is 19.5 Å². The molecule has 0 radical (unpaired) electrons. The molecule has 0 amide bonds. The average molecular weight is 491 g/mol. The van der Waals surface area contributed by atoms with Crippen molar-refractivity contribution < 1.29 is 23.9 Å². The Morgan fingerprint density at radius 2 is 1.63 bits per heavy atom. The summed E-state index contributed by atoms with van der Waals surface area (Å²) in [5.74, 6) is -1.74.